The summed E-state index contributed by atoms with van der Waals surface area (Å²) in [7, 11) is 0. The van der Waals surface area contributed by atoms with Crippen molar-refractivity contribution in [2.75, 3.05) is 0 Å². The van der Waals surface area contributed by atoms with Gasteiger partial charge in [0.15, 0.2) is 11.5 Å². The smallest absolute Gasteiger partial charge is 0.169 e. The molecule has 0 heterocycles. The first-order valence-corrected chi connectivity index (χ1v) is 4.24. The molecule has 0 spiro atoms. The first kappa shape index (κ1) is 8.69. The second-order valence-corrected chi connectivity index (χ2v) is 3.27. The van der Waals surface area contributed by atoms with E-state index >= 15 is 0 Å². The topological polar surface area (TPSA) is 60.7 Å². The maximum absolute atomic E-state index is 9.61. The fourth-order valence-electron chi connectivity index (χ4n) is 1.54. The number of rotatable bonds is 0. The maximum atomic E-state index is 9.61. The number of aryl methyl sites for hydroxylation is 1. The summed E-state index contributed by atoms with van der Waals surface area (Å²) in [5.74, 6) is -0.479. The minimum atomic E-state index is -0.266. The molecule has 0 amide bonds. The van der Waals surface area contributed by atoms with Gasteiger partial charge in [0.05, 0.1) is 5.39 Å². The molecule has 0 saturated heterocycles. The lowest BCUT2D eigenvalue weighted by Gasteiger charge is -2.07. The first-order valence-electron chi connectivity index (χ1n) is 4.24. The summed E-state index contributed by atoms with van der Waals surface area (Å²) in [6.45, 7) is 1.69. The number of fused-ring (bicyclic) bond motifs is 1. The molecule has 3 nitrogen and oxygen atoms in total. The SMILES string of the molecule is Cc1cc2cccc(O)c2c(O)c1O. The molecule has 0 fully saturated rings. The van der Waals surface area contributed by atoms with Gasteiger partial charge in [0.25, 0.3) is 0 Å². The molecular weight excluding hydrogens is 180 g/mol. The van der Waals surface area contributed by atoms with Gasteiger partial charge in [-0.2, -0.15) is 0 Å². The van der Waals surface area contributed by atoms with Gasteiger partial charge in [0, 0.05) is 0 Å². The van der Waals surface area contributed by atoms with E-state index in [4.69, 9.17) is 0 Å². The fraction of sp³-hybridized carbons (Fsp3) is 0.0909. The molecular formula is C11H10O3. The molecule has 2 aromatic rings. The van der Waals surface area contributed by atoms with Gasteiger partial charge in [-0.15, -0.1) is 0 Å². The quantitative estimate of drug-likeness (QED) is 0.558. The molecule has 3 N–H and O–H groups in total. The van der Waals surface area contributed by atoms with Crippen LogP contribution in [0.5, 0.6) is 17.2 Å². The van der Waals surface area contributed by atoms with Gasteiger partial charge in [-0.05, 0) is 30.0 Å². The Balaban J connectivity index is 2.99. The number of aromatic hydroxyl groups is 3. The van der Waals surface area contributed by atoms with Crippen LogP contribution in [0.2, 0.25) is 0 Å². The van der Waals surface area contributed by atoms with Gasteiger partial charge in [0.2, 0.25) is 0 Å². The van der Waals surface area contributed by atoms with Gasteiger partial charge in [-0.1, -0.05) is 12.1 Å². The van der Waals surface area contributed by atoms with Gasteiger partial charge in [-0.3, -0.25) is 0 Å². The fourth-order valence-corrected chi connectivity index (χ4v) is 1.54. The summed E-state index contributed by atoms with van der Waals surface area (Å²) in [6.07, 6.45) is 0. The Morgan fingerprint density at radius 3 is 2.43 bits per heavy atom. The van der Waals surface area contributed by atoms with E-state index in [1.54, 1.807) is 25.1 Å². The molecule has 14 heavy (non-hydrogen) atoms. The first-order chi connectivity index (χ1) is 6.61. The standard InChI is InChI=1S/C11H10O3/c1-6-5-7-3-2-4-8(12)9(7)11(14)10(6)13/h2-5,12-14H,1H3. The van der Waals surface area contributed by atoms with Crippen LogP contribution in [0.3, 0.4) is 0 Å². The Morgan fingerprint density at radius 1 is 1.00 bits per heavy atom. The number of phenols is 3. The van der Waals surface area contributed by atoms with Crippen molar-refractivity contribution in [2.24, 2.45) is 0 Å². The van der Waals surface area contributed by atoms with Crippen LogP contribution in [0.1, 0.15) is 5.56 Å². The Kier molecular flexibility index (Phi) is 1.74. The summed E-state index contributed by atoms with van der Waals surface area (Å²) in [5.41, 5.74) is 0.584. The van der Waals surface area contributed by atoms with Gasteiger partial charge in [-0.25, -0.2) is 0 Å². The molecule has 0 aromatic heterocycles. The molecule has 2 aromatic carbocycles. The van der Waals surface area contributed by atoms with E-state index in [2.05, 4.69) is 0 Å². The number of hydrogen-bond acceptors (Lipinski definition) is 3. The molecule has 0 unspecified atom stereocenters. The molecule has 0 radical (unpaired) electrons. The molecule has 0 saturated carbocycles. The van der Waals surface area contributed by atoms with Crippen LogP contribution in [0, 0.1) is 6.92 Å². The van der Waals surface area contributed by atoms with E-state index in [9.17, 15) is 15.3 Å². The highest BCUT2D eigenvalue weighted by molar-refractivity contribution is 5.96. The Hall–Kier alpha value is -1.90. The van der Waals surface area contributed by atoms with Crippen LogP contribution in [0.15, 0.2) is 24.3 Å². The van der Waals surface area contributed by atoms with Crippen molar-refractivity contribution >= 4 is 10.8 Å². The van der Waals surface area contributed by atoms with E-state index in [0.717, 1.165) is 0 Å². The Morgan fingerprint density at radius 2 is 1.71 bits per heavy atom. The second kappa shape index (κ2) is 2.80. The molecule has 0 aliphatic rings. The van der Waals surface area contributed by atoms with Crippen LogP contribution in [-0.4, -0.2) is 15.3 Å². The second-order valence-electron chi connectivity index (χ2n) is 3.27. The molecule has 0 aliphatic heterocycles. The zero-order valence-electron chi connectivity index (χ0n) is 7.65. The van der Waals surface area contributed by atoms with Crippen molar-refractivity contribution in [3.63, 3.8) is 0 Å². The lowest BCUT2D eigenvalue weighted by molar-refractivity contribution is 0.403. The average molecular weight is 190 g/mol. The van der Waals surface area contributed by atoms with E-state index in [0.29, 0.717) is 10.9 Å². The maximum Gasteiger partial charge on any atom is 0.169 e. The molecule has 3 heteroatoms. The van der Waals surface area contributed by atoms with E-state index in [1.165, 1.54) is 6.07 Å². The minimum Gasteiger partial charge on any atom is -0.507 e. The third-order valence-electron chi connectivity index (χ3n) is 2.28. The summed E-state index contributed by atoms with van der Waals surface area (Å²) in [6, 6.07) is 6.63. The number of hydrogen-bond donors (Lipinski definition) is 3. The molecule has 0 atom stereocenters. The summed E-state index contributed by atoms with van der Waals surface area (Å²) < 4.78 is 0. The normalized spacial score (nSPS) is 10.6. The van der Waals surface area contributed by atoms with E-state index < -0.39 is 0 Å². The van der Waals surface area contributed by atoms with Gasteiger partial charge >= 0.3 is 0 Å². The van der Waals surface area contributed by atoms with Crippen LogP contribution in [-0.2, 0) is 0 Å². The zero-order valence-corrected chi connectivity index (χ0v) is 7.65. The lowest BCUT2D eigenvalue weighted by atomic mass is 10.0. The average Bonchev–Trinajstić information content (AvgIpc) is 2.14. The van der Waals surface area contributed by atoms with Crippen LogP contribution < -0.4 is 0 Å². The van der Waals surface area contributed by atoms with Crippen molar-refractivity contribution in [2.45, 2.75) is 6.92 Å². The zero-order chi connectivity index (χ0) is 10.3. The van der Waals surface area contributed by atoms with Gasteiger partial charge in [0.1, 0.15) is 5.75 Å². The predicted octanol–water partition coefficient (Wildman–Crippen LogP) is 2.27. The monoisotopic (exact) mass is 190 g/mol. The van der Waals surface area contributed by atoms with Crippen molar-refractivity contribution in [1.82, 2.24) is 0 Å². The molecule has 0 aliphatic carbocycles. The third-order valence-corrected chi connectivity index (χ3v) is 2.28. The lowest BCUT2D eigenvalue weighted by Crippen LogP contribution is -1.80. The van der Waals surface area contributed by atoms with Crippen molar-refractivity contribution in [3.05, 3.63) is 29.8 Å². The number of benzene rings is 2. The summed E-state index contributed by atoms with van der Waals surface area (Å²) in [5, 5.41) is 29.6. The van der Waals surface area contributed by atoms with E-state index in [1.807, 2.05) is 0 Å². The van der Waals surface area contributed by atoms with E-state index in [-0.39, 0.29) is 22.6 Å². The van der Waals surface area contributed by atoms with Crippen LogP contribution in [0.25, 0.3) is 10.8 Å². The third kappa shape index (κ3) is 1.06. The van der Waals surface area contributed by atoms with Crippen LogP contribution >= 0.6 is 0 Å². The minimum absolute atomic E-state index is 0.0321. The molecule has 2 rings (SSSR count). The van der Waals surface area contributed by atoms with Crippen molar-refractivity contribution < 1.29 is 15.3 Å². The highest BCUT2D eigenvalue weighted by Gasteiger charge is 2.11. The molecule has 0 bridgehead atoms. The highest BCUT2D eigenvalue weighted by atomic mass is 16.3. The van der Waals surface area contributed by atoms with Gasteiger partial charge < -0.3 is 15.3 Å². The highest BCUT2D eigenvalue weighted by Crippen LogP contribution is 2.40. The summed E-state index contributed by atoms with van der Waals surface area (Å²) >= 11 is 0. The van der Waals surface area contributed by atoms with Crippen LogP contribution in [0.4, 0.5) is 0 Å². The number of phenolic OH excluding ortho intramolecular Hbond substituents is 3. The Bertz CT molecular complexity index is 503. The molecule has 72 valence electrons. The summed E-state index contributed by atoms with van der Waals surface area (Å²) in [4.78, 5) is 0. The van der Waals surface area contributed by atoms with Crippen molar-refractivity contribution in [1.29, 1.82) is 0 Å². The largest absolute Gasteiger partial charge is 0.507 e. The predicted molar refractivity (Wildman–Crippen MR) is 53.7 cm³/mol. The van der Waals surface area contributed by atoms with Crippen molar-refractivity contribution in [3.8, 4) is 17.2 Å². The Labute approximate surface area is 80.9 Å².